The highest BCUT2D eigenvalue weighted by atomic mass is 16.3. The molecule has 2 rings (SSSR count). The quantitative estimate of drug-likeness (QED) is 0.774. The van der Waals surface area contributed by atoms with Crippen LogP contribution in [0.15, 0.2) is 0 Å². The van der Waals surface area contributed by atoms with Crippen LogP contribution in [0.1, 0.15) is 18.7 Å². The number of aliphatic hydroxyl groups excluding tert-OH is 1. The zero-order chi connectivity index (χ0) is 13.8. The molecule has 3 N–H and O–H groups in total. The van der Waals surface area contributed by atoms with Gasteiger partial charge in [0.15, 0.2) is 0 Å². The number of aromatic nitrogens is 3. The fraction of sp³-hybridized carbons (Fsp3) is 0.750. The zero-order valence-electron chi connectivity index (χ0n) is 11.6. The number of piperidine rings is 1. The summed E-state index contributed by atoms with van der Waals surface area (Å²) in [5.41, 5.74) is 5.71. The van der Waals surface area contributed by atoms with Gasteiger partial charge in [0.05, 0.1) is 6.54 Å². The molecule has 1 aromatic rings. The Kier molecular flexibility index (Phi) is 4.49. The van der Waals surface area contributed by atoms with E-state index >= 15 is 0 Å². The Labute approximate surface area is 113 Å². The van der Waals surface area contributed by atoms with E-state index in [0.717, 1.165) is 25.9 Å². The van der Waals surface area contributed by atoms with Crippen LogP contribution in [0.4, 0.5) is 11.9 Å². The molecule has 7 heteroatoms. The SMILES string of the molecule is CN(C)c1nc(N)nc(CN2CCCC(CO)C2)n1. The predicted octanol–water partition coefficient (Wildman–Crippen LogP) is -0.276. The summed E-state index contributed by atoms with van der Waals surface area (Å²) in [5.74, 6) is 1.89. The molecule has 0 amide bonds. The van der Waals surface area contributed by atoms with Gasteiger partial charge in [0.1, 0.15) is 5.82 Å². The first-order valence-corrected chi connectivity index (χ1v) is 6.59. The third kappa shape index (κ3) is 3.74. The van der Waals surface area contributed by atoms with E-state index in [1.54, 1.807) is 0 Å². The number of nitrogens with two attached hydrogens (primary N) is 1. The third-order valence-corrected chi connectivity index (χ3v) is 3.31. The Morgan fingerprint density at radius 3 is 2.84 bits per heavy atom. The first kappa shape index (κ1) is 14.0. The minimum Gasteiger partial charge on any atom is -0.396 e. The number of rotatable bonds is 4. The van der Waals surface area contributed by atoms with Crippen LogP contribution < -0.4 is 10.6 Å². The molecule has 0 bridgehead atoms. The third-order valence-electron chi connectivity index (χ3n) is 3.31. The first-order chi connectivity index (χ1) is 9.08. The Morgan fingerprint density at radius 2 is 2.16 bits per heavy atom. The van der Waals surface area contributed by atoms with Crippen molar-refractivity contribution in [2.45, 2.75) is 19.4 Å². The van der Waals surface area contributed by atoms with E-state index in [0.29, 0.717) is 24.2 Å². The van der Waals surface area contributed by atoms with Crippen LogP contribution in [0.3, 0.4) is 0 Å². The number of nitrogen functional groups attached to an aromatic ring is 1. The fourth-order valence-corrected chi connectivity index (χ4v) is 2.34. The van der Waals surface area contributed by atoms with Gasteiger partial charge in [-0.05, 0) is 25.3 Å². The van der Waals surface area contributed by atoms with Crippen molar-refractivity contribution in [2.24, 2.45) is 5.92 Å². The molecule has 0 aliphatic carbocycles. The summed E-state index contributed by atoms with van der Waals surface area (Å²) in [7, 11) is 3.75. The van der Waals surface area contributed by atoms with E-state index in [1.165, 1.54) is 0 Å². The summed E-state index contributed by atoms with van der Waals surface area (Å²) in [6.07, 6.45) is 2.20. The molecule has 19 heavy (non-hydrogen) atoms. The standard InChI is InChI=1S/C12H22N6O/c1-17(2)12-15-10(14-11(13)16-12)7-18-5-3-4-9(6-18)8-19/h9,19H,3-8H2,1-2H3,(H2,13,14,15,16). The van der Waals surface area contributed by atoms with Gasteiger partial charge in [0.2, 0.25) is 11.9 Å². The second-order valence-corrected chi connectivity index (χ2v) is 5.23. The highest BCUT2D eigenvalue weighted by Crippen LogP contribution is 2.17. The number of aliphatic hydroxyl groups is 1. The summed E-state index contributed by atoms with van der Waals surface area (Å²) >= 11 is 0. The summed E-state index contributed by atoms with van der Waals surface area (Å²) in [6, 6.07) is 0. The van der Waals surface area contributed by atoms with Crippen LogP contribution in [-0.4, -0.2) is 58.8 Å². The van der Waals surface area contributed by atoms with Gasteiger partial charge < -0.3 is 15.7 Å². The van der Waals surface area contributed by atoms with Crippen LogP contribution >= 0.6 is 0 Å². The van der Waals surface area contributed by atoms with Gasteiger partial charge in [0, 0.05) is 27.2 Å². The number of nitrogens with zero attached hydrogens (tertiary/aromatic N) is 5. The molecular formula is C12H22N6O. The average molecular weight is 266 g/mol. The summed E-state index contributed by atoms with van der Waals surface area (Å²) in [5, 5.41) is 9.24. The molecule has 0 radical (unpaired) electrons. The first-order valence-electron chi connectivity index (χ1n) is 6.59. The van der Waals surface area contributed by atoms with Crippen molar-refractivity contribution >= 4 is 11.9 Å². The van der Waals surface area contributed by atoms with E-state index in [4.69, 9.17) is 5.73 Å². The monoisotopic (exact) mass is 266 g/mol. The molecular weight excluding hydrogens is 244 g/mol. The van der Waals surface area contributed by atoms with Crippen molar-refractivity contribution in [1.82, 2.24) is 19.9 Å². The van der Waals surface area contributed by atoms with Gasteiger partial charge in [-0.25, -0.2) is 0 Å². The summed E-state index contributed by atoms with van der Waals surface area (Å²) in [4.78, 5) is 16.7. The maximum atomic E-state index is 9.24. The molecule has 1 unspecified atom stereocenters. The lowest BCUT2D eigenvalue weighted by atomic mass is 9.99. The molecule has 1 atom stereocenters. The van der Waals surface area contributed by atoms with E-state index < -0.39 is 0 Å². The molecule has 1 saturated heterocycles. The molecule has 2 heterocycles. The van der Waals surface area contributed by atoms with Gasteiger partial charge in [-0.15, -0.1) is 0 Å². The maximum Gasteiger partial charge on any atom is 0.229 e. The molecule has 0 aromatic carbocycles. The maximum absolute atomic E-state index is 9.24. The van der Waals surface area contributed by atoms with E-state index in [2.05, 4.69) is 19.9 Å². The number of anilines is 2. The van der Waals surface area contributed by atoms with Gasteiger partial charge >= 0.3 is 0 Å². The Hall–Kier alpha value is -1.47. The molecule has 106 valence electrons. The van der Waals surface area contributed by atoms with E-state index in [1.807, 2.05) is 19.0 Å². The second kappa shape index (κ2) is 6.12. The molecule has 0 saturated carbocycles. The minimum atomic E-state index is 0.249. The predicted molar refractivity (Wildman–Crippen MR) is 73.7 cm³/mol. The van der Waals surface area contributed by atoms with Crippen LogP contribution in [0.5, 0.6) is 0 Å². The molecule has 7 nitrogen and oxygen atoms in total. The molecule has 1 aliphatic heterocycles. The lowest BCUT2D eigenvalue weighted by Crippen LogP contribution is -2.36. The van der Waals surface area contributed by atoms with Gasteiger partial charge in [-0.2, -0.15) is 15.0 Å². The van der Waals surface area contributed by atoms with Gasteiger partial charge in [-0.3, -0.25) is 4.90 Å². The number of hydrogen-bond donors (Lipinski definition) is 2. The normalized spacial score (nSPS) is 20.5. The van der Waals surface area contributed by atoms with Crippen molar-refractivity contribution in [3.63, 3.8) is 0 Å². The lowest BCUT2D eigenvalue weighted by Gasteiger charge is -2.31. The van der Waals surface area contributed by atoms with Crippen LogP contribution in [-0.2, 0) is 6.54 Å². The highest BCUT2D eigenvalue weighted by Gasteiger charge is 2.20. The minimum absolute atomic E-state index is 0.249. The van der Waals surface area contributed by atoms with Crippen molar-refractivity contribution in [1.29, 1.82) is 0 Å². The molecule has 0 spiro atoms. The van der Waals surface area contributed by atoms with Crippen molar-refractivity contribution in [3.05, 3.63) is 5.82 Å². The smallest absolute Gasteiger partial charge is 0.229 e. The highest BCUT2D eigenvalue weighted by molar-refractivity contribution is 5.32. The largest absolute Gasteiger partial charge is 0.396 e. The number of hydrogen-bond acceptors (Lipinski definition) is 7. The van der Waals surface area contributed by atoms with Crippen molar-refractivity contribution < 1.29 is 5.11 Å². The Bertz CT molecular complexity index is 425. The second-order valence-electron chi connectivity index (χ2n) is 5.23. The van der Waals surface area contributed by atoms with Crippen molar-refractivity contribution in [2.75, 3.05) is 44.4 Å². The molecule has 1 aromatic heterocycles. The number of likely N-dealkylation sites (tertiary alicyclic amines) is 1. The van der Waals surface area contributed by atoms with E-state index in [9.17, 15) is 5.11 Å². The van der Waals surface area contributed by atoms with E-state index in [-0.39, 0.29) is 12.6 Å². The van der Waals surface area contributed by atoms with Crippen LogP contribution in [0.2, 0.25) is 0 Å². The van der Waals surface area contributed by atoms with Crippen LogP contribution in [0, 0.1) is 5.92 Å². The topological polar surface area (TPSA) is 91.4 Å². The summed E-state index contributed by atoms with van der Waals surface area (Å²) < 4.78 is 0. The average Bonchev–Trinajstić information content (AvgIpc) is 2.38. The Balaban J connectivity index is 2.06. The fourth-order valence-electron chi connectivity index (χ4n) is 2.34. The van der Waals surface area contributed by atoms with Gasteiger partial charge in [0.25, 0.3) is 0 Å². The zero-order valence-corrected chi connectivity index (χ0v) is 11.6. The lowest BCUT2D eigenvalue weighted by molar-refractivity contribution is 0.114. The molecule has 1 aliphatic rings. The van der Waals surface area contributed by atoms with Crippen LogP contribution in [0.25, 0.3) is 0 Å². The van der Waals surface area contributed by atoms with Crippen molar-refractivity contribution in [3.8, 4) is 0 Å². The summed E-state index contributed by atoms with van der Waals surface area (Å²) in [6.45, 7) is 2.81. The van der Waals surface area contributed by atoms with Gasteiger partial charge in [-0.1, -0.05) is 0 Å². The Morgan fingerprint density at radius 1 is 1.37 bits per heavy atom. The molecule has 1 fully saturated rings.